The number of carbonyl (C=O) groups is 1. The Bertz CT molecular complexity index is 575. The third-order valence-corrected chi connectivity index (χ3v) is 3.92. The Morgan fingerprint density at radius 1 is 1.22 bits per heavy atom. The Hall–Kier alpha value is -1.55. The number of thiophene rings is 1. The molecule has 0 spiro atoms. The van der Waals surface area contributed by atoms with Crippen molar-refractivity contribution in [3.8, 4) is 0 Å². The molecule has 18 heavy (non-hydrogen) atoms. The van der Waals surface area contributed by atoms with Gasteiger partial charge in [-0.25, -0.2) is 8.78 Å². The molecule has 0 amide bonds. The highest BCUT2D eigenvalue weighted by atomic mass is 32.1. The molecule has 1 nitrogen and oxygen atoms in total. The number of aryl methyl sites for hydroxylation is 1. The number of halogens is 2. The Balaban J connectivity index is 2.16. The number of benzene rings is 1. The minimum Gasteiger partial charge on any atom is -0.293 e. The fourth-order valence-corrected chi connectivity index (χ4v) is 2.53. The first kappa shape index (κ1) is 12.9. The van der Waals surface area contributed by atoms with Gasteiger partial charge in [-0.1, -0.05) is 13.0 Å². The van der Waals surface area contributed by atoms with Gasteiger partial charge in [0.25, 0.3) is 0 Å². The lowest BCUT2D eigenvalue weighted by molar-refractivity contribution is 0.0995. The van der Waals surface area contributed by atoms with Crippen LogP contribution < -0.4 is 0 Å². The van der Waals surface area contributed by atoms with Crippen molar-refractivity contribution in [3.05, 3.63) is 57.3 Å². The van der Waals surface area contributed by atoms with E-state index in [4.69, 9.17) is 0 Å². The van der Waals surface area contributed by atoms with Crippen LogP contribution in [0, 0.1) is 11.6 Å². The van der Waals surface area contributed by atoms with E-state index < -0.39 is 11.6 Å². The molecule has 0 aliphatic heterocycles. The van der Waals surface area contributed by atoms with Crippen LogP contribution in [-0.4, -0.2) is 5.78 Å². The maximum absolute atomic E-state index is 13.4. The molecule has 0 fully saturated rings. The average molecular weight is 266 g/mol. The molecule has 0 bridgehead atoms. The van der Waals surface area contributed by atoms with Crippen molar-refractivity contribution in [2.75, 3.05) is 0 Å². The van der Waals surface area contributed by atoms with Crippen molar-refractivity contribution >= 4 is 17.1 Å². The summed E-state index contributed by atoms with van der Waals surface area (Å²) in [6, 6.07) is 6.94. The number of Topliss-reactive ketones (excluding diaryl/α,β-unsaturated/α-hetero) is 1. The Kier molecular flexibility index (Phi) is 3.87. The van der Waals surface area contributed by atoms with E-state index in [-0.39, 0.29) is 17.8 Å². The van der Waals surface area contributed by atoms with Gasteiger partial charge in [0.2, 0.25) is 0 Å². The summed E-state index contributed by atoms with van der Waals surface area (Å²) in [5.74, 6) is -1.44. The molecule has 4 heteroatoms. The van der Waals surface area contributed by atoms with Crippen LogP contribution in [0.3, 0.4) is 0 Å². The lowest BCUT2D eigenvalue weighted by Crippen LogP contribution is -2.03. The van der Waals surface area contributed by atoms with Gasteiger partial charge in [0.15, 0.2) is 5.78 Å². The zero-order chi connectivity index (χ0) is 13.1. The molecule has 0 atom stereocenters. The molecule has 2 rings (SSSR count). The third-order valence-electron chi connectivity index (χ3n) is 2.65. The molecule has 1 aromatic heterocycles. The summed E-state index contributed by atoms with van der Waals surface area (Å²) in [6.45, 7) is 2.01. The van der Waals surface area contributed by atoms with Gasteiger partial charge in [0.1, 0.15) is 11.6 Å². The summed E-state index contributed by atoms with van der Waals surface area (Å²) < 4.78 is 26.1. The first-order chi connectivity index (χ1) is 8.60. The fourth-order valence-electron chi connectivity index (χ4n) is 1.64. The van der Waals surface area contributed by atoms with E-state index in [2.05, 4.69) is 0 Å². The molecule has 0 radical (unpaired) electrons. The zero-order valence-electron chi connectivity index (χ0n) is 9.87. The third kappa shape index (κ3) is 2.82. The quantitative estimate of drug-likeness (QED) is 0.764. The lowest BCUT2D eigenvalue weighted by Gasteiger charge is -2.01. The van der Waals surface area contributed by atoms with Crippen molar-refractivity contribution in [1.82, 2.24) is 0 Å². The SMILES string of the molecule is CCc1ccc(C(=O)Cc2ccc(F)cc2F)s1. The van der Waals surface area contributed by atoms with Crippen molar-refractivity contribution in [1.29, 1.82) is 0 Å². The van der Waals surface area contributed by atoms with E-state index in [0.717, 1.165) is 23.4 Å². The summed E-state index contributed by atoms with van der Waals surface area (Å²) in [5, 5.41) is 0. The van der Waals surface area contributed by atoms with Crippen LogP contribution in [0.25, 0.3) is 0 Å². The van der Waals surface area contributed by atoms with Gasteiger partial charge in [-0.05, 0) is 30.2 Å². The van der Waals surface area contributed by atoms with Gasteiger partial charge in [0, 0.05) is 17.4 Å². The smallest absolute Gasteiger partial charge is 0.177 e. The second-order valence-electron chi connectivity index (χ2n) is 3.96. The summed E-state index contributed by atoms with van der Waals surface area (Å²) in [7, 11) is 0. The zero-order valence-corrected chi connectivity index (χ0v) is 10.7. The van der Waals surface area contributed by atoms with Crippen LogP contribution >= 0.6 is 11.3 Å². The Morgan fingerprint density at radius 2 is 2.00 bits per heavy atom. The minimum atomic E-state index is -0.671. The van der Waals surface area contributed by atoms with E-state index in [0.29, 0.717) is 4.88 Å². The minimum absolute atomic E-state index is 0.0320. The number of ketones is 1. The summed E-state index contributed by atoms with van der Waals surface area (Å²) in [5.41, 5.74) is 0.229. The van der Waals surface area contributed by atoms with Crippen LogP contribution in [0.1, 0.15) is 27.0 Å². The van der Waals surface area contributed by atoms with E-state index in [1.165, 1.54) is 17.4 Å². The van der Waals surface area contributed by atoms with Gasteiger partial charge in [-0.2, -0.15) is 0 Å². The average Bonchev–Trinajstić information content (AvgIpc) is 2.81. The molecule has 0 aliphatic carbocycles. The number of hydrogen-bond donors (Lipinski definition) is 0. The van der Waals surface area contributed by atoms with Crippen LogP contribution in [0.4, 0.5) is 8.78 Å². The van der Waals surface area contributed by atoms with Crippen molar-refractivity contribution in [3.63, 3.8) is 0 Å². The van der Waals surface area contributed by atoms with Gasteiger partial charge in [-0.3, -0.25) is 4.79 Å². The Labute approximate surface area is 108 Å². The van der Waals surface area contributed by atoms with E-state index >= 15 is 0 Å². The molecule has 2 aromatic rings. The second kappa shape index (κ2) is 5.40. The monoisotopic (exact) mass is 266 g/mol. The van der Waals surface area contributed by atoms with Gasteiger partial charge < -0.3 is 0 Å². The summed E-state index contributed by atoms with van der Waals surface area (Å²) >= 11 is 1.42. The summed E-state index contributed by atoms with van der Waals surface area (Å²) in [6.07, 6.45) is 0.846. The molecule has 0 unspecified atom stereocenters. The van der Waals surface area contributed by atoms with Gasteiger partial charge >= 0.3 is 0 Å². The van der Waals surface area contributed by atoms with Gasteiger partial charge in [0.05, 0.1) is 4.88 Å². The normalized spacial score (nSPS) is 10.6. The molecule has 0 N–H and O–H groups in total. The number of carbonyl (C=O) groups excluding carboxylic acids is 1. The predicted molar refractivity (Wildman–Crippen MR) is 68.1 cm³/mol. The van der Waals surface area contributed by atoms with Crippen molar-refractivity contribution in [2.24, 2.45) is 0 Å². The van der Waals surface area contributed by atoms with E-state index in [1.807, 2.05) is 13.0 Å². The fraction of sp³-hybridized carbons (Fsp3) is 0.214. The molecule has 0 saturated carbocycles. The maximum atomic E-state index is 13.4. The standard InChI is InChI=1S/C14H12F2OS/c1-2-11-5-6-14(18-11)13(17)7-9-3-4-10(15)8-12(9)16/h3-6,8H,2,7H2,1H3. The molecular weight excluding hydrogens is 254 g/mol. The largest absolute Gasteiger partial charge is 0.293 e. The topological polar surface area (TPSA) is 17.1 Å². The molecule has 94 valence electrons. The van der Waals surface area contributed by atoms with Crippen molar-refractivity contribution < 1.29 is 13.6 Å². The van der Waals surface area contributed by atoms with Gasteiger partial charge in [-0.15, -0.1) is 11.3 Å². The lowest BCUT2D eigenvalue weighted by atomic mass is 10.1. The van der Waals surface area contributed by atoms with Crippen LogP contribution in [0.15, 0.2) is 30.3 Å². The Morgan fingerprint density at radius 3 is 2.61 bits per heavy atom. The highest BCUT2D eigenvalue weighted by Gasteiger charge is 2.13. The first-order valence-electron chi connectivity index (χ1n) is 5.66. The van der Waals surface area contributed by atoms with E-state index in [9.17, 15) is 13.6 Å². The number of rotatable bonds is 4. The highest BCUT2D eigenvalue weighted by Crippen LogP contribution is 2.20. The molecular formula is C14H12F2OS. The second-order valence-corrected chi connectivity index (χ2v) is 5.12. The van der Waals surface area contributed by atoms with Crippen LogP contribution in [0.2, 0.25) is 0 Å². The molecule has 1 heterocycles. The first-order valence-corrected chi connectivity index (χ1v) is 6.47. The highest BCUT2D eigenvalue weighted by molar-refractivity contribution is 7.14. The number of hydrogen-bond acceptors (Lipinski definition) is 2. The molecule has 1 aromatic carbocycles. The van der Waals surface area contributed by atoms with E-state index in [1.54, 1.807) is 6.07 Å². The van der Waals surface area contributed by atoms with Crippen LogP contribution in [0.5, 0.6) is 0 Å². The molecule has 0 saturated heterocycles. The molecule has 0 aliphatic rings. The maximum Gasteiger partial charge on any atom is 0.177 e. The predicted octanol–water partition coefficient (Wildman–Crippen LogP) is 4.01. The van der Waals surface area contributed by atoms with Crippen LogP contribution in [-0.2, 0) is 12.8 Å². The van der Waals surface area contributed by atoms with Crippen molar-refractivity contribution in [2.45, 2.75) is 19.8 Å². The summed E-state index contributed by atoms with van der Waals surface area (Å²) in [4.78, 5) is 13.7.